The van der Waals surface area contributed by atoms with E-state index < -0.39 is 0 Å². The van der Waals surface area contributed by atoms with Crippen molar-refractivity contribution in [1.29, 1.82) is 0 Å². The van der Waals surface area contributed by atoms with E-state index in [1.54, 1.807) is 18.2 Å². The van der Waals surface area contributed by atoms with Crippen LogP contribution in [0, 0.1) is 0 Å². The molecular weight excluding hydrogens is 292 g/mol. The molecule has 0 radical (unpaired) electrons. The monoisotopic (exact) mass is 308 g/mol. The first-order valence-corrected chi connectivity index (χ1v) is 7.30. The molecule has 3 rings (SSSR count). The van der Waals surface area contributed by atoms with Crippen LogP contribution in [0.2, 0.25) is 0 Å². The summed E-state index contributed by atoms with van der Waals surface area (Å²) in [6.07, 6.45) is 2.00. The maximum atomic E-state index is 12.6. The van der Waals surface area contributed by atoms with Gasteiger partial charge in [0.25, 0.3) is 0 Å². The van der Waals surface area contributed by atoms with E-state index in [1.807, 2.05) is 36.4 Å². The van der Waals surface area contributed by atoms with E-state index in [4.69, 9.17) is 4.74 Å². The van der Waals surface area contributed by atoms with Crippen LogP contribution in [0.25, 0.3) is 6.08 Å². The van der Waals surface area contributed by atoms with Crippen molar-refractivity contribution in [3.8, 4) is 5.75 Å². The molecule has 0 bridgehead atoms. The van der Waals surface area contributed by atoms with Crippen molar-refractivity contribution >= 4 is 17.8 Å². The van der Waals surface area contributed by atoms with Gasteiger partial charge in [0.05, 0.1) is 19.1 Å². The van der Waals surface area contributed by atoms with Gasteiger partial charge >= 0.3 is 5.97 Å². The van der Waals surface area contributed by atoms with Gasteiger partial charge in [0.15, 0.2) is 5.78 Å². The molecule has 0 aliphatic carbocycles. The second-order valence-corrected chi connectivity index (χ2v) is 5.28. The van der Waals surface area contributed by atoms with E-state index in [1.165, 1.54) is 7.11 Å². The van der Waals surface area contributed by atoms with Crippen LogP contribution < -0.4 is 4.74 Å². The second-order valence-electron chi connectivity index (χ2n) is 5.28. The molecule has 0 saturated carbocycles. The first-order valence-electron chi connectivity index (χ1n) is 7.30. The fourth-order valence-electron chi connectivity index (χ4n) is 2.47. The number of ether oxygens (including phenoxy) is 2. The summed E-state index contributed by atoms with van der Waals surface area (Å²) >= 11 is 0. The average molecular weight is 308 g/mol. The highest BCUT2D eigenvalue weighted by Gasteiger charge is 2.23. The minimum Gasteiger partial charge on any atom is -0.488 e. The summed E-state index contributed by atoms with van der Waals surface area (Å²) in [5.74, 6) is 0.151. The third-order valence-electron chi connectivity index (χ3n) is 3.68. The third-order valence-corrected chi connectivity index (χ3v) is 3.68. The molecule has 1 aliphatic heterocycles. The molecule has 2 aromatic carbocycles. The van der Waals surface area contributed by atoms with Crippen LogP contribution in [-0.4, -0.2) is 25.5 Å². The Morgan fingerprint density at radius 1 is 1.22 bits per heavy atom. The van der Waals surface area contributed by atoms with Gasteiger partial charge in [0.2, 0.25) is 0 Å². The van der Waals surface area contributed by atoms with E-state index in [0.717, 1.165) is 11.1 Å². The highest BCUT2D eigenvalue weighted by atomic mass is 16.5. The Morgan fingerprint density at radius 2 is 2.00 bits per heavy atom. The summed E-state index contributed by atoms with van der Waals surface area (Å²) < 4.78 is 10.3. The SMILES string of the molecule is COC(=O)Cc1ccc2c(c1)OC/C(=C/c1ccccc1)C2=O. The molecule has 116 valence electrons. The van der Waals surface area contributed by atoms with E-state index in [0.29, 0.717) is 16.9 Å². The Kier molecular flexibility index (Phi) is 4.24. The van der Waals surface area contributed by atoms with Gasteiger partial charge in [-0.2, -0.15) is 0 Å². The number of esters is 1. The number of hydrogen-bond acceptors (Lipinski definition) is 4. The van der Waals surface area contributed by atoms with Crippen molar-refractivity contribution in [3.05, 3.63) is 70.8 Å². The Labute approximate surface area is 134 Å². The number of methoxy groups -OCH3 is 1. The number of benzene rings is 2. The van der Waals surface area contributed by atoms with Gasteiger partial charge in [0.1, 0.15) is 12.4 Å². The Hall–Kier alpha value is -2.88. The van der Waals surface area contributed by atoms with Crippen molar-refractivity contribution in [2.75, 3.05) is 13.7 Å². The fraction of sp³-hybridized carbons (Fsp3) is 0.158. The van der Waals surface area contributed by atoms with E-state index in [2.05, 4.69) is 4.74 Å². The lowest BCUT2D eigenvalue weighted by Gasteiger charge is -2.19. The summed E-state index contributed by atoms with van der Waals surface area (Å²) in [6.45, 7) is 0.225. The van der Waals surface area contributed by atoms with E-state index >= 15 is 0 Å². The second kappa shape index (κ2) is 6.48. The zero-order valence-corrected chi connectivity index (χ0v) is 12.7. The quantitative estimate of drug-likeness (QED) is 0.646. The topological polar surface area (TPSA) is 52.6 Å². The minimum atomic E-state index is -0.322. The van der Waals surface area contributed by atoms with Gasteiger partial charge < -0.3 is 9.47 Å². The van der Waals surface area contributed by atoms with E-state index in [9.17, 15) is 9.59 Å². The van der Waals surface area contributed by atoms with Gasteiger partial charge in [0, 0.05) is 5.57 Å². The molecule has 0 amide bonds. The van der Waals surface area contributed by atoms with Crippen LogP contribution in [0.1, 0.15) is 21.5 Å². The minimum absolute atomic E-state index is 0.0419. The number of rotatable bonds is 3. The first kappa shape index (κ1) is 15.0. The molecule has 2 aromatic rings. The molecular formula is C19H16O4. The Balaban J connectivity index is 1.86. The molecule has 4 nitrogen and oxygen atoms in total. The number of carbonyl (C=O) groups excluding carboxylic acids is 2. The van der Waals surface area contributed by atoms with Gasteiger partial charge in [-0.25, -0.2) is 0 Å². The van der Waals surface area contributed by atoms with Gasteiger partial charge in [-0.1, -0.05) is 36.4 Å². The van der Waals surface area contributed by atoms with Gasteiger partial charge in [-0.15, -0.1) is 0 Å². The van der Waals surface area contributed by atoms with Crippen molar-refractivity contribution in [3.63, 3.8) is 0 Å². The Morgan fingerprint density at radius 3 is 2.74 bits per heavy atom. The average Bonchev–Trinajstić information content (AvgIpc) is 2.58. The third kappa shape index (κ3) is 3.31. The molecule has 0 aromatic heterocycles. The van der Waals surface area contributed by atoms with Crippen LogP contribution in [-0.2, 0) is 16.0 Å². The molecule has 1 heterocycles. The number of ketones is 1. The van der Waals surface area contributed by atoms with Crippen molar-refractivity contribution in [1.82, 2.24) is 0 Å². The lowest BCUT2D eigenvalue weighted by atomic mass is 9.96. The van der Waals surface area contributed by atoms with Crippen LogP contribution >= 0.6 is 0 Å². The van der Waals surface area contributed by atoms with Crippen molar-refractivity contribution < 1.29 is 19.1 Å². The van der Waals surface area contributed by atoms with Gasteiger partial charge in [-0.3, -0.25) is 9.59 Å². The summed E-state index contributed by atoms with van der Waals surface area (Å²) in [5, 5.41) is 0. The number of fused-ring (bicyclic) bond motifs is 1. The standard InChI is InChI=1S/C19H16O4/c1-22-18(20)11-14-7-8-16-17(10-14)23-12-15(19(16)21)9-13-5-3-2-4-6-13/h2-10H,11-12H2,1H3/b15-9-. The summed E-state index contributed by atoms with van der Waals surface area (Å²) in [5.41, 5.74) is 2.86. The highest BCUT2D eigenvalue weighted by molar-refractivity contribution is 6.14. The first-order chi connectivity index (χ1) is 11.2. The van der Waals surface area contributed by atoms with Crippen molar-refractivity contribution in [2.45, 2.75) is 6.42 Å². The molecule has 0 spiro atoms. The zero-order chi connectivity index (χ0) is 16.2. The predicted octanol–water partition coefficient (Wildman–Crippen LogP) is 3.06. The summed E-state index contributed by atoms with van der Waals surface area (Å²) in [7, 11) is 1.35. The highest BCUT2D eigenvalue weighted by Crippen LogP contribution is 2.29. The van der Waals surface area contributed by atoms with Crippen LogP contribution in [0.5, 0.6) is 5.75 Å². The van der Waals surface area contributed by atoms with Crippen molar-refractivity contribution in [2.24, 2.45) is 0 Å². The lowest BCUT2D eigenvalue weighted by Crippen LogP contribution is -2.19. The summed E-state index contributed by atoms with van der Waals surface area (Å²) in [4.78, 5) is 23.9. The zero-order valence-electron chi connectivity index (χ0n) is 12.7. The predicted molar refractivity (Wildman–Crippen MR) is 86.4 cm³/mol. The molecule has 0 saturated heterocycles. The van der Waals surface area contributed by atoms with Crippen LogP contribution in [0.4, 0.5) is 0 Å². The van der Waals surface area contributed by atoms with Crippen LogP contribution in [0.3, 0.4) is 0 Å². The molecule has 0 atom stereocenters. The molecule has 0 N–H and O–H groups in total. The smallest absolute Gasteiger partial charge is 0.309 e. The Bertz CT molecular complexity index is 775. The largest absolute Gasteiger partial charge is 0.488 e. The molecule has 0 unspecified atom stereocenters. The normalized spacial score (nSPS) is 15.0. The molecule has 23 heavy (non-hydrogen) atoms. The van der Waals surface area contributed by atoms with Gasteiger partial charge in [-0.05, 0) is 29.3 Å². The fourth-order valence-corrected chi connectivity index (χ4v) is 2.47. The lowest BCUT2D eigenvalue weighted by molar-refractivity contribution is -0.139. The molecule has 4 heteroatoms. The maximum absolute atomic E-state index is 12.6. The number of carbonyl (C=O) groups is 2. The number of hydrogen-bond donors (Lipinski definition) is 0. The number of Topliss-reactive ketones (excluding diaryl/α,β-unsaturated/α-hetero) is 1. The molecule has 1 aliphatic rings. The van der Waals surface area contributed by atoms with Crippen LogP contribution in [0.15, 0.2) is 54.1 Å². The van der Waals surface area contributed by atoms with E-state index in [-0.39, 0.29) is 24.8 Å². The summed E-state index contributed by atoms with van der Waals surface area (Å²) in [6, 6.07) is 14.8. The molecule has 0 fully saturated rings. The maximum Gasteiger partial charge on any atom is 0.309 e.